The lowest BCUT2D eigenvalue weighted by Crippen LogP contribution is -2.27. The van der Waals surface area contributed by atoms with Gasteiger partial charge in [0, 0.05) is 36.0 Å². The second-order valence-corrected chi connectivity index (χ2v) is 6.90. The molecule has 2 aromatic rings. The summed E-state index contributed by atoms with van der Waals surface area (Å²) in [7, 11) is 5.89. The van der Waals surface area contributed by atoms with Crippen LogP contribution < -0.4 is 0 Å². The van der Waals surface area contributed by atoms with Crippen molar-refractivity contribution in [2.75, 3.05) is 14.1 Å². The van der Waals surface area contributed by atoms with E-state index >= 15 is 0 Å². The van der Waals surface area contributed by atoms with Crippen LogP contribution in [0.25, 0.3) is 0 Å². The number of fused-ring (bicyclic) bond motifs is 1. The standard InChI is InChI=1S/C19H23N5O/c1-12-17(13(2)23(5)21-12)11-24-18(9-20)16-8-14(10-22(3)4)6-7-15(16)19(24)25/h6-8,18H,10-11H2,1-5H3. The van der Waals surface area contributed by atoms with Gasteiger partial charge in [-0.1, -0.05) is 12.1 Å². The van der Waals surface area contributed by atoms with Gasteiger partial charge in [-0.25, -0.2) is 0 Å². The molecule has 1 unspecified atom stereocenters. The quantitative estimate of drug-likeness (QED) is 0.859. The number of amides is 1. The summed E-state index contributed by atoms with van der Waals surface area (Å²) in [4.78, 5) is 16.6. The Hall–Kier alpha value is -2.65. The van der Waals surface area contributed by atoms with Crippen LogP contribution in [0.3, 0.4) is 0 Å². The summed E-state index contributed by atoms with van der Waals surface area (Å²) < 4.78 is 1.81. The van der Waals surface area contributed by atoms with Gasteiger partial charge >= 0.3 is 0 Å². The van der Waals surface area contributed by atoms with Crippen LogP contribution in [0.2, 0.25) is 0 Å². The van der Waals surface area contributed by atoms with Crippen LogP contribution in [0.1, 0.15) is 44.5 Å². The smallest absolute Gasteiger partial charge is 0.255 e. The summed E-state index contributed by atoms with van der Waals surface area (Å²) >= 11 is 0. The monoisotopic (exact) mass is 337 g/mol. The molecule has 0 saturated carbocycles. The van der Waals surface area contributed by atoms with Crippen molar-refractivity contribution in [2.45, 2.75) is 33.0 Å². The molecule has 25 heavy (non-hydrogen) atoms. The van der Waals surface area contributed by atoms with Gasteiger partial charge in [-0.15, -0.1) is 0 Å². The summed E-state index contributed by atoms with van der Waals surface area (Å²) in [6, 6.07) is 7.57. The van der Waals surface area contributed by atoms with Gasteiger partial charge in [0.25, 0.3) is 5.91 Å². The Bertz CT molecular complexity index is 875. The van der Waals surface area contributed by atoms with Gasteiger partial charge in [-0.2, -0.15) is 10.4 Å². The van der Waals surface area contributed by atoms with Crippen LogP contribution in [0.15, 0.2) is 18.2 Å². The van der Waals surface area contributed by atoms with E-state index in [1.807, 2.05) is 57.9 Å². The van der Waals surface area contributed by atoms with E-state index in [1.54, 1.807) is 4.90 Å². The molecule has 130 valence electrons. The number of rotatable bonds is 4. The zero-order chi connectivity index (χ0) is 18.3. The van der Waals surface area contributed by atoms with Gasteiger partial charge in [0.15, 0.2) is 0 Å². The second-order valence-electron chi connectivity index (χ2n) is 6.90. The number of hydrogen-bond acceptors (Lipinski definition) is 4. The van der Waals surface area contributed by atoms with Crippen LogP contribution in [-0.4, -0.2) is 39.6 Å². The molecule has 0 N–H and O–H groups in total. The van der Waals surface area contributed by atoms with E-state index in [2.05, 4.69) is 16.1 Å². The predicted octanol–water partition coefficient (Wildman–Crippen LogP) is 2.32. The van der Waals surface area contributed by atoms with Crippen LogP contribution >= 0.6 is 0 Å². The fraction of sp³-hybridized carbons (Fsp3) is 0.421. The number of carbonyl (C=O) groups excluding carboxylic acids is 1. The van der Waals surface area contributed by atoms with Gasteiger partial charge in [0.2, 0.25) is 0 Å². The first-order chi connectivity index (χ1) is 11.8. The first-order valence-electron chi connectivity index (χ1n) is 8.30. The minimum atomic E-state index is -0.552. The number of benzene rings is 1. The highest BCUT2D eigenvalue weighted by Gasteiger charge is 2.37. The molecular weight excluding hydrogens is 314 g/mol. The minimum Gasteiger partial charge on any atom is -0.314 e. The highest BCUT2D eigenvalue weighted by Crippen LogP contribution is 2.35. The Morgan fingerprint density at radius 1 is 1.32 bits per heavy atom. The van der Waals surface area contributed by atoms with Gasteiger partial charge in [0.1, 0.15) is 6.04 Å². The van der Waals surface area contributed by atoms with E-state index in [-0.39, 0.29) is 5.91 Å². The number of carbonyl (C=O) groups is 1. The minimum absolute atomic E-state index is 0.0828. The maximum Gasteiger partial charge on any atom is 0.255 e. The zero-order valence-corrected chi connectivity index (χ0v) is 15.4. The van der Waals surface area contributed by atoms with Crippen molar-refractivity contribution in [3.8, 4) is 6.07 Å². The third-order valence-electron chi connectivity index (χ3n) is 4.82. The van der Waals surface area contributed by atoms with Gasteiger partial charge in [0.05, 0.1) is 18.3 Å². The summed E-state index contributed by atoms with van der Waals surface area (Å²) in [5.41, 5.74) is 5.48. The van der Waals surface area contributed by atoms with Gasteiger partial charge < -0.3 is 9.80 Å². The van der Waals surface area contributed by atoms with E-state index < -0.39 is 6.04 Å². The number of nitriles is 1. The number of hydrogen-bond donors (Lipinski definition) is 0. The molecule has 0 spiro atoms. The lowest BCUT2D eigenvalue weighted by Gasteiger charge is -2.20. The largest absolute Gasteiger partial charge is 0.314 e. The van der Waals surface area contributed by atoms with Crippen molar-refractivity contribution in [1.82, 2.24) is 19.6 Å². The maximum absolute atomic E-state index is 12.9. The van der Waals surface area contributed by atoms with E-state index in [0.29, 0.717) is 12.1 Å². The molecule has 0 saturated heterocycles. The van der Waals surface area contributed by atoms with Crippen molar-refractivity contribution in [2.24, 2.45) is 7.05 Å². The third kappa shape index (κ3) is 2.92. The molecule has 1 atom stereocenters. The first kappa shape index (κ1) is 17.2. The molecule has 1 aliphatic heterocycles. The lowest BCUT2D eigenvalue weighted by atomic mass is 10.0. The fourth-order valence-corrected chi connectivity index (χ4v) is 3.46. The van der Waals surface area contributed by atoms with Crippen LogP contribution in [-0.2, 0) is 20.1 Å². The Morgan fingerprint density at radius 3 is 2.60 bits per heavy atom. The highest BCUT2D eigenvalue weighted by molar-refractivity contribution is 5.99. The molecule has 0 fully saturated rings. The average molecular weight is 337 g/mol. The summed E-state index contributed by atoms with van der Waals surface area (Å²) in [5.74, 6) is -0.0828. The zero-order valence-electron chi connectivity index (χ0n) is 15.4. The van der Waals surface area contributed by atoms with Crippen LogP contribution in [0.5, 0.6) is 0 Å². The third-order valence-corrected chi connectivity index (χ3v) is 4.82. The summed E-state index contributed by atoms with van der Waals surface area (Å²) in [6.07, 6.45) is 0. The Kier molecular flexibility index (Phi) is 4.36. The summed E-state index contributed by atoms with van der Waals surface area (Å²) in [6.45, 7) is 5.10. The van der Waals surface area contributed by atoms with Crippen molar-refractivity contribution < 1.29 is 4.79 Å². The van der Waals surface area contributed by atoms with Crippen molar-refractivity contribution in [1.29, 1.82) is 5.26 Å². The number of aryl methyl sites for hydroxylation is 2. The normalized spacial score (nSPS) is 16.4. The van der Waals surface area contributed by atoms with Crippen molar-refractivity contribution >= 4 is 5.91 Å². The maximum atomic E-state index is 12.9. The molecule has 6 nitrogen and oxygen atoms in total. The Balaban J connectivity index is 1.97. The topological polar surface area (TPSA) is 65.2 Å². The lowest BCUT2D eigenvalue weighted by molar-refractivity contribution is 0.0744. The molecule has 1 aromatic heterocycles. The Morgan fingerprint density at radius 2 is 2.04 bits per heavy atom. The molecule has 1 aliphatic rings. The van der Waals surface area contributed by atoms with E-state index in [4.69, 9.17) is 0 Å². The molecule has 3 rings (SSSR count). The molecule has 0 radical (unpaired) electrons. The van der Waals surface area contributed by atoms with Crippen LogP contribution in [0, 0.1) is 25.2 Å². The number of aromatic nitrogens is 2. The second kappa shape index (κ2) is 6.34. The molecule has 0 aliphatic carbocycles. The Labute approximate surface area is 148 Å². The molecule has 6 heteroatoms. The van der Waals surface area contributed by atoms with E-state index in [9.17, 15) is 10.1 Å². The highest BCUT2D eigenvalue weighted by atomic mass is 16.2. The van der Waals surface area contributed by atoms with E-state index in [0.717, 1.165) is 34.6 Å². The fourth-order valence-electron chi connectivity index (χ4n) is 3.46. The van der Waals surface area contributed by atoms with Crippen molar-refractivity contribution in [3.05, 3.63) is 51.8 Å². The van der Waals surface area contributed by atoms with Crippen LogP contribution in [0.4, 0.5) is 0 Å². The molecule has 1 aromatic carbocycles. The molecular formula is C19H23N5O. The molecule has 1 amide bonds. The average Bonchev–Trinajstić information content (AvgIpc) is 2.95. The predicted molar refractivity (Wildman–Crippen MR) is 94.7 cm³/mol. The SMILES string of the molecule is Cc1nn(C)c(C)c1CN1C(=O)c2ccc(CN(C)C)cc2C1C#N. The number of nitrogens with zero attached hydrogens (tertiary/aromatic N) is 5. The molecule has 0 bridgehead atoms. The summed E-state index contributed by atoms with van der Waals surface area (Å²) in [5, 5.41) is 14.1. The van der Waals surface area contributed by atoms with Gasteiger partial charge in [-0.3, -0.25) is 9.48 Å². The molecule has 2 heterocycles. The van der Waals surface area contributed by atoms with Crippen molar-refractivity contribution in [3.63, 3.8) is 0 Å². The van der Waals surface area contributed by atoms with E-state index in [1.165, 1.54) is 0 Å². The first-order valence-corrected chi connectivity index (χ1v) is 8.30. The van der Waals surface area contributed by atoms with Gasteiger partial charge in [-0.05, 0) is 39.6 Å².